The molecule has 0 saturated heterocycles. The predicted molar refractivity (Wildman–Crippen MR) is 90.4 cm³/mol. The van der Waals surface area contributed by atoms with Crippen LogP contribution in [0.25, 0.3) is 33.2 Å². The van der Waals surface area contributed by atoms with Crippen LogP contribution in [0.3, 0.4) is 0 Å². The lowest BCUT2D eigenvalue weighted by Crippen LogP contribution is -1.87. The van der Waals surface area contributed by atoms with E-state index in [0.29, 0.717) is 0 Å². The van der Waals surface area contributed by atoms with E-state index in [1.807, 2.05) is 48.5 Å². The molecular formula is C20H13FN2. The zero-order valence-electron chi connectivity index (χ0n) is 12.3. The van der Waals surface area contributed by atoms with E-state index in [4.69, 9.17) is 0 Å². The molecule has 0 bridgehead atoms. The second kappa shape index (κ2) is 5.61. The van der Waals surface area contributed by atoms with Crippen LogP contribution in [0.15, 0.2) is 79.3 Å². The number of fused-ring (bicyclic) bond motifs is 1. The third-order valence-electron chi connectivity index (χ3n) is 3.88. The molecule has 23 heavy (non-hydrogen) atoms. The van der Waals surface area contributed by atoms with Gasteiger partial charge in [0.05, 0.1) is 5.52 Å². The predicted octanol–water partition coefficient (Wildman–Crippen LogP) is 5.10. The Bertz CT molecular complexity index is 995. The van der Waals surface area contributed by atoms with E-state index < -0.39 is 0 Å². The van der Waals surface area contributed by atoms with Crippen molar-refractivity contribution in [2.75, 3.05) is 0 Å². The summed E-state index contributed by atoms with van der Waals surface area (Å²) >= 11 is 0. The van der Waals surface area contributed by atoms with E-state index in [0.717, 1.165) is 33.2 Å². The number of hydrogen-bond acceptors (Lipinski definition) is 2. The van der Waals surface area contributed by atoms with Gasteiger partial charge >= 0.3 is 0 Å². The SMILES string of the molecule is Fc1cccc(-c2ccccc2-c2ccc3cncnc3c2)c1. The van der Waals surface area contributed by atoms with Gasteiger partial charge in [-0.3, -0.25) is 0 Å². The summed E-state index contributed by atoms with van der Waals surface area (Å²) < 4.78 is 13.6. The first-order valence-electron chi connectivity index (χ1n) is 7.36. The molecule has 0 amide bonds. The van der Waals surface area contributed by atoms with Crippen LogP contribution in [0.1, 0.15) is 0 Å². The third kappa shape index (κ3) is 2.57. The van der Waals surface area contributed by atoms with Crippen molar-refractivity contribution in [3.63, 3.8) is 0 Å². The Kier molecular flexibility index (Phi) is 3.31. The molecule has 0 aliphatic heterocycles. The van der Waals surface area contributed by atoms with Gasteiger partial charge in [0.2, 0.25) is 0 Å². The molecule has 4 rings (SSSR count). The number of nitrogens with zero attached hydrogens (tertiary/aromatic N) is 2. The molecule has 3 aromatic carbocycles. The van der Waals surface area contributed by atoms with Gasteiger partial charge in [0.1, 0.15) is 12.1 Å². The summed E-state index contributed by atoms with van der Waals surface area (Å²) in [6, 6.07) is 20.8. The zero-order valence-corrected chi connectivity index (χ0v) is 12.3. The molecule has 0 saturated carbocycles. The fourth-order valence-corrected chi connectivity index (χ4v) is 2.78. The Morgan fingerprint density at radius 2 is 1.52 bits per heavy atom. The lowest BCUT2D eigenvalue weighted by molar-refractivity contribution is 0.628. The molecule has 0 atom stereocenters. The van der Waals surface area contributed by atoms with E-state index in [9.17, 15) is 4.39 Å². The highest BCUT2D eigenvalue weighted by Crippen LogP contribution is 2.33. The van der Waals surface area contributed by atoms with Crippen molar-refractivity contribution in [1.82, 2.24) is 9.97 Å². The molecule has 4 aromatic rings. The summed E-state index contributed by atoms with van der Waals surface area (Å²) in [5.41, 5.74) is 4.87. The van der Waals surface area contributed by atoms with Gasteiger partial charge in [0, 0.05) is 11.6 Å². The van der Waals surface area contributed by atoms with Crippen LogP contribution < -0.4 is 0 Å². The smallest absolute Gasteiger partial charge is 0.123 e. The number of benzene rings is 3. The Morgan fingerprint density at radius 1 is 0.739 bits per heavy atom. The van der Waals surface area contributed by atoms with Crippen LogP contribution in [0.4, 0.5) is 4.39 Å². The van der Waals surface area contributed by atoms with E-state index in [1.54, 1.807) is 24.7 Å². The summed E-state index contributed by atoms with van der Waals surface area (Å²) in [6.07, 6.45) is 3.34. The minimum atomic E-state index is -0.233. The van der Waals surface area contributed by atoms with Crippen LogP contribution >= 0.6 is 0 Å². The van der Waals surface area contributed by atoms with Gasteiger partial charge in [-0.2, -0.15) is 0 Å². The molecule has 1 aromatic heterocycles. The molecule has 0 spiro atoms. The number of hydrogen-bond donors (Lipinski definition) is 0. The van der Waals surface area contributed by atoms with E-state index in [-0.39, 0.29) is 5.82 Å². The van der Waals surface area contributed by atoms with Gasteiger partial charge in [0.25, 0.3) is 0 Å². The molecular weight excluding hydrogens is 287 g/mol. The fourth-order valence-electron chi connectivity index (χ4n) is 2.78. The molecule has 1 heterocycles. The highest BCUT2D eigenvalue weighted by Gasteiger charge is 2.08. The molecule has 0 N–H and O–H groups in total. The normalized spacial score (nSPS) is 10.8. The largest absolute Gasteiger partial charge is 0.244 e. The number of halogens is 1. The van der Waals surface area contributed by atoms with Crippen LogP contribution in [-0.4, -0.2) is 9.97 Å². The maximum Gasteiger partial charge on any atom is 0.123 e. The van der Waals surface area contributed by atoms with Crippen molar-refractivity contribution >= 4 is 10.9 Å². The van der Waals surface area contributed by atoms with Crippen molar-refractivity contribution in [2.45, 2.75) is 0 Å². The summed E-state index contributed by atoms with van der Waals surface area (Å²) in [4.78, 5) is 8.35. The van der Waals surface area contributed by atoms with Crippen molar-refractivity contribution in [3.8, 4) is 22.3 Å². The quantitative estimate of drug-likeness (QED) is 0.514. The molecule has 2 nitrogen and oxygen atoms in total. The summed E-state index contributed by atoms with van der Waals surface area (Å²) in [7, 11) is 0. The molecule has 0 aliphatic carbocycles. The lowest BCUT2D eigenvalue weighted by atomic mass is 9.94. The molecule has 0 fully saturated rings. The topological polar surface area (TPSA) is 25.8 Å². The Balaban J connectivity index is 1.91. The van der Waals surface area contributed by atoms with E-state index in [2.05, 4.69) is 9.97 Å². The van der Waals surface area contributed by atoms with E-state index in [1.165, 1.54) is 6.07 Å². The minimum absolute atomic E-state index is 0.233. The lowest BCUT2D eigenvalue weighted by Gasteiger charge is -2.11. The van der Waals surface area contributed by atoms with Gasteiger partial charge in [-0.05, 0) is 40.5 Å². The van der Waals surface area contributed by atoms with Crippen molar-refractivity contribution in [1.29, 1.82) is 0 Å². The first kappa shape index (κ1) is 13.6. The minimum Gasteiger partial charge on any atom is -0.244 e. The second-order valence-corrected chi connectivity index (χ2v) is 5.35. The maximum absolute atomic E-state index is 13.6. The van der Waals surface area contributed by atoms with Crippen molar-refractivity contribution in [3.05, 3.63) is 85.1 Å². The van der Waals surface area contributed by atoms with Crippen LogP contribution in [-0.2, 0) is 0 Å². The number of rotatable bonds is 2. The molecule has 0 unspecified atom stereocenters. The first-order chi connectivity index (χ1) is 11.3. The Labute approximate surface area is 133 Å². The van der Waals surface area contributed by atoms with Gasteiger partial charge in [-0.25, -0.2) is 14.4 Å². The van der Waals surface area contributed by atoms with Crippen LogP contribution in [0.2, 0.25) is 0 Å². The van der Waals surface area contributed by atoms with Gasteiger partial charge in [-0.1, -0.05) is 48.5 Å². The van der Waals surface area contributed by atoms with Crippen LogP contribution in [0.5, 0.6) is 0 Å². The zero-order chi connectivity index (χ0) is 15.6. The highest BCUT2D eigenvalue weighted by molar-refractivity contribution is 5.89. The highest BCUT2D eigenvalue weighted by atomic mass is 19.1. The fraction of sp³-hybridized carbons (Fsp3) is 0. The second-order valence-electron chi connectivity index (χ2n) is 5.35. The van der Waals surface area contributed by atoms with Crippen LogP contribution in [0, 0.1) is 5.82 Å². The van der Waals surface area contributed by atoms with Gasteiger partial charge in [-0.15, -0.1) is 0 Å². The van der Waals surface area contributed by atoms with Gasteiger partial charge in [0.15, 0.2) is 0 Å². The Hall–Kier alpha value is -3.07. The molecule has 0 radical (unpaired) electrons. The van der Waals surface area contributed by atoms with Crippen molar-refractivity contribution < 1.29 is 4.39 Å². The molecule has 3 heteroatoms. The first-order valence-corrected chi connectivity index (χ1v) is 7.36. The summed E-state index contributed by atoms with van der Waals surface area (Å²) in [6.45, 7) is 0. The summed E-state index contributed by atoms with van der Waals surface area (Å²) in [5.74, 6) is -0.233. The third-order valence-corrected chi connectivity index (χ3v) is 3.88. The molecule has 110 valence electrons. The van der Waals surface area contributed by atoms with Gasteiger partial charge < -0.3 is 0 Å². The summed E-state index contributed by atoms with van der Waals surface area (Å²) in [5, 5.41) is 1.000. The average molecular weight is 300 g/mol. The van der Waals surface area contributed by atoms with Crippen molar-refractivity contribution in [2.24, 2.45) is 0 Å². The molecule has 0 aliphatic rings. The standard InChI is InChI=1S/C20H13FN2/c21-17-5-3-4-14(10-17)18-6-1-2-7-19(18)15-8-9-16-12-22-13-23-20(16)11-15/h1-13H. The van der Waals surface area contributed by atoms with E-state index >= 15 is 0 Å². The maximum atomic E-state index is 13.6. The Morgan fingerprint density at radius 3 is 2.30 bits per heavy atom. The monoisotopic (exact) mass is 300 g/mol. The number of aromatic nitrogens is 2. The average Bonchev–Trinajstić information content (AvgIpc) is 2.61.